The molecular formula is C23H21IN4. The molecule has 140 valence electrons. The second kappa shape index (κ2) is 6.88. The number of aromatic nitrogens is 3. The van der Waals surface area contributed by atoms with Gasteiger partial charge in [-0.25, -0.2) is 9.97 Å². The summed E-state index contributed by atoms with van der Waals surface area (Å²) in [6, 6.07) is 13.1. The molecule has 1 saturated carbocycles. The van der Waals surface area contributed by atoms with E-state index in [9.17, 15) is 0 Å². The summed E-state index contributed by atoms with van der Waals surface area (Å²) in [5.74, 6) is 1.35. The van der Waals surface area contributed by atoms with Crippen molar-refractivity contribution in [3.63, 3.8) is 0 Å². The van der Waals surface area contributed by atoms with Crippen molar-refractivity contribution in [2.24, 2.45) is 0 Å². The minimum Gasteiger partial charge on any atom is -0.360 e. The van der Waals surface area contributed by atoms with E-state index in [-0.39, 0.29) is 0 Å². The fraction of sp³-hybridized carbons (Fsp3) is 0.217. The molecular weight excluding hydrogens is 459 g/mol. The van der Waals surface area contributed by atoms with Crippen LogP contribution in [0.25, 0.3) is 22.2 Å². The zero-order valence-corrected chi connectivity index (χ0v) is 18.0. The molecule has 5 heteroatoms. The number of fused-ring (bicyclic) bond motifs is 1. The number of nitrogens with zero attached hydrogens (tertiary/aromatic N) is 2. The Kier molecular flexibility index (Phi) is 4.34. The lowest BCUT2D eigenvalue weighted by Crippen LogP contribution is -2.00. The zero-order valence-electron chi connectivity index (χ0n) is 15.9. The first kappa shape index (κ1) is 17.7. The average molecular weight is 480 g/mol. The van der Waals surface area contributed by atoms with E-state index in [4.69, 9.17) is 4.98 Å². The van der Waals surface area contributed by atoms with E-state index in [1.54, 1.807) is 0 Å². The number of hydrogen-bond acceptors (Lipinski definition) is 3. The van der Waals surface area contributed by atoms with Crippen LogP contribution in [0.5, 0.6) is 0 Å². The van der Waals surface area contributed by atoms with Crippen LogP contribution in [0, 0.1) is 17.4 Å². The Morgan fingerprint density at radius 1 is 1.07 bits per heavy atom. The Hall–Kier alpha value is -2.41. The van der Waals surface area contributed by atoms with Gasteiger partial charge in [-0.05, 0) is 90.1 Å². The fourth-order valence-electron chi connectivity index (χ4n) is 3.72. The van der Waals surface area contributed by atoms with Gasteiger partial charge in [-0.15, -0.1) is 0 Å². The summed E-state index contributed by atoms with van der Waals surface area (Å²) in [6.45, 7) is 4.25. The summed E-state index contributed by atoms with van der Waals surface area (Å²) in [4.78, 5) is 12.7. The number of hydrogen-bond donors (Lipinski definition) is 2. The van der Waals surface area contributed by atoms with E-state index < -0.39 is 0 Å². The zero-order chi connectivity index (χ0) is 19.3. The highest BCUT2D eigenvalue weighted by atomic mass is 127. The molecule has 0 aliphatic heterocycles. The monoisotopic (exact) mass is 480 g/mol. The van der Waals surface area contributed by atoms with Crippen molar-refractivity contribution in [1.82, 2.24) is 15.0 Å². The maximum atomic E-state index is 4.85. The number of anilines is 2. The summed E-state index contributed by atoms with van der Waals surface area (Å²) in [5, 5.41) is 4.60. The van der Waals surface area contributed by atoms with Crippen molar-refractivity contribution in [1.29, 1.82) is 0 Å². The molecule has 1 aliphatic rings. The Balaban J connectivity index is 1.52. The summed E-state index contributed by atoms with van der Waals surface area (Å²) in [6.07, 6.45) is 6.52. The number of halogens is 1. The lowest BCUT2D eigenvalue weighted by atomic mass is 10.1. The number of H-pyrrole nitrogens is 1. The van der Waals surface area contributed by atoms with Gasteiger partial charge in [-0.1, -0.05) is 18.2 Å². The molecule has 1 fully saturated rings. The van der Waals surface area contributed by atoms with Gasteiger partial charge in [-0.3, -0.25) is 0 Å². The number of benzene rings is 2. The van der Waals surface area contributed by atoms with Gasteiger partial charge >= 0.3 is 0 Å². The highest BCUT2D eigenvalue weighted by Crippen LogP contribution is 2.41. The van der Waals surface area contributed by atoms with Crippen molar-refractivity contribution in [2.45, 2.75) is 32.6 Å². The van der Waals surface area contributed by atoms with Crippen LogP contribution >= 0.6 is 22.6 Å². The molecule has 0 bridgehead atoms. The van der Waals surface area contributed by atoms with Crippen molar-refractivity contribution >= 4 is 45.1 Å². The lowest BCUT2D eigenvalue weighted by molar-refractivity contribution is 1.11. The van der Waals surface area contributed by atoms with Crippen LogP contribution in [0.1, 0.15) is 35.4 Å². The maximum Gasteiger partial charge on any atom is 0.227 e. The van der Waals surface area contributed by atoms with E-state index in [1.165, 1.54) is 34.9 Å². The topological polar surface area (TPSA) is 53.6 Å². The summed E-state index contributed by atoms with van der Waals surface area (Å²) < 4.78 is 1.03. The summed E-state index contributed by atoms with van der Waals surface area (Å²) in [7, 11) is 0. The van der Waals surface area contributed by atoms with Crippen molar-refractivity contribution < 1.29 is 0 Å². The van der Waals surface area contributed by atoms with Crippen LogP contribution in [0.15, 0.2) is 48.8 Å². The normalized spacial score (nSPS) is 13.8. The van der Waals surface area contributed by atoms with Gasteiger partial charge in [0.25, 0.3) is 0 Å². The third-order valence-electron chi connectivity index (χ3n) is 5.24. The molecule has 5 rings (SSSR count). The first-order valence-electron chi connectivity index (χ1n) is 9.56. The Labute approximate surface area is 178 Å². The largest absolute Gasteiger partial charge is 0.360 e. The molecule has 0 spiro atoms. The number of aryl methyl sites for hydroxylation is 2. The molecule has 0 atom stereocenters. The van der Waals surface area contributed by atoms with Gasteiger partial charge in [0.15, 0.2) is 0 Å². The van der Waals surface area contributed by atoms with Crippen LogP contribution in [-0.4, -0.2) is 15.0 Å². The summed E-state index contributed by atoms with van der Waals surface area (Å²) in [5.41, 5.74) is 8.17. The predicted molar refractivity (Wildman–Crippen MR) is 123 cm³/mol. The molecule has 0 saturated heterocycles. The molecule has 28 heavy (non-hydrogen) atoms. The third kappa shape index (κ3) is 3.39. The van der Waals surface area contributed by atoms with Gasteiger partial charge in [0.1, 0.15) is 0 Å². The van der Waals surface area contributed by atoms with Crippen LogP contribution in [0.4, 0.5) is 11.6 Å². The van der Waals surface area contributed by atoms with Crippen LogP contribution < -0.4 is 5.32 Å². The van der Waals surface area contributed by atoms with E-state index in [0.29, 0.717) is 5.95 Å². The molecule has 4 aromatic rings. The van der Waals surface area contributed by atoms with Crippen LogP contribution in [-0.2, 0) is 0 Å². The van der Waals surface area contributed by atoms with Gasteiger partial charge in [0.05, 0.1) is 9.26 Å². The maximum absolute atomic E-state index is 4.85. The first-order chi connectivity index (χ1) is 13.6. The molecule has 0 amide bonds. The van der Waals surface area contributed by atoms with Gasteiger partial charge in [0.2, 0.25) is 5.95 Å². The predicted octanol–water partition coefficient (Wildman–Crippen LogP) is 6.47. The summed E-state index contributed by atoms with van der Waals surface area (Å²) >= 11 is 2.31. The Bertz CT molecular complexity index is 1190. The van der Waals surface area contributed by atoms with E-state index >= 15 is 0 Å². The number of nitrogens with one attached hydrogen (secondary N) is 2. The Morgan fingerprint density at radius 2 is 1.93 bits per heavy atom. The van der Waals surface area contributed by atoms with Gasteiger partial charge in [0, 0.05) is 34.5 Å². The van der Waals surface area contributed by atoms with Crippen LogP contribution in [0.2, 0.25) is 0 Å². The van der Waals surface area contributed by atoms with Gasteiger partial charge in [-0.2, -0.15) is 0 Å². The van der Waals surface area contributed by atoms with Crippen molar-refractivity contribution in [3.05, 3.63) is 69.1 Å². The molecule has 2 N–H and O–H groups in total. The van der Waals surface area contributed by atoms with Gasteiger partial charge < -0.3 is 10.3 Å². The van der Waals surface area contributed by atoms with E-state index in [1.807, 2.05) is 12.4 Å². The fourth-order valence-corrected chi connectivity index (χ4v) is 4.27. The second-order valence-electron chi connectivity index (χ2n) is 7.67. The highest BCUT2D eigenvalue weighted by molar-refractivity contribution is 14.1. The van der Waals surface area contributed by atoms with E-state index in [0.717, 1.165) is 31.9 Å². The van der Waals surface area contributed by atoms with E-state index in [2.05, 4.69) is 88.1 Å². The lowest BCUT2D eigenvalue weighted by Gasteiger charge is -2.10. The van der Waals surface area contributed by atoms with Crippen LogP contribution in [0.3, 0.4) is 0 Å². The smallest absolute Gasteiger partial charge is 0.227 e. The first-order valence-corrected chi connectivity index (χ1v) is 10.6. The third-order valence-corrected chi connectivity index (χ3v) is 6.03. The average Bonchev–Trinajstić information content (AvgIpc) is 3.43. The molecule has 2 heterocycles. The molecule has 0 unspecified atom stereocenters. The quantitative estimate of drug-likeness (QED) is 0.330. The van der Waals surface area contributed by atoms with Crippen molar-refractivity contribution in [3.8, 4) is 11.3 Å². The van der Waals surface area contributed by atoms with Crippen molar-refractivity contribution in [2.75, 3.05) is 5.32 Å². The molecule has 1 aliphatic carbocycles. The molecule has 2 aromatic carbocycles. The molecule has 0 radical (unpaired) electrons. The molecule has 4 nitrogen and oxygen atoms in total. The SMILES string of the molecule is Cc1cc(Nc2ncc(I)c(-c3c[nH]c4cc(C)ccc34)n2)cc(C2CC2)c1. The number of rotatable bonds is 4. The minimum absolute atomic E-state index is 0.629. The highest BCUT2D eigenvalue weighted by Gasteiger charge is 2.24. The number of aromatic amines is 1. The Morgan fingerprint density at radius 3 is 2.75 bits per heavy atom. The minimum atomic E-state index is 0.629. The molecule has 2 aromatic heterocycles. The standard InChI is InChI=1S/C23H21IN4/c1-13-3-6-18-19(11-25-21(18)9-13)22-20(24)12-26-23(28-22)27-17-8-14(2)7-16(10-17)15-4-5-15/h3,6-12,15,25H,4-5H2,1-2H3,(H,26,27,28). The second-order valence-corrected chi connectivity index (χ2v) is 8.84.